The van der Waals surface area contributed by atoms with Crippen LogP contribution in [0.1, 0.15) is 35.7 Å². The van der Waals surface area contributed by atoms with Crippen LogP contribution < -0.4 is 5.32 Å². The minimum atomic E-state index is -1.08. The van der Waals surface area contributed by atoms with Crippen LogP contribution in [0, 0.1) is 0 Å². The Bertz CT molecular complexity index is 1070. The zero-order chi connectivity index (χ0) is 19.3. The summed E-state index contributed by atoms with van der Waals surface area (Å²) in [7, 11) is 0. The number of nitrogens with zero attached hydrogens (tertiary/aromatic N) is 2. The van der Waals surface area contributed by atoms with Crippen LogP contribution in [0.25, 0.3) is 11.5 Å². The lowest BCUT2D eigenvalue weighted by Gasteiger charge is -2.23. The summed E-state index contributed by atoms with van der Waals surface area (Å²) in [5.41, 5.74) is 2.80. The topological polar surface area (TPSA) is 88.6 Å². The summed E-state index contributed by atoms with van der Waals surface area (Å²) < 4.78 is 10.5. The van der Waals surface area contributed by atoms with E-state index in [0.29, 0.717) is 17.2 Å². The highest BCUT2D eigenvalue weighted by Crippen LogP contribution is 2.33. The number of furan rings is 1. The molecule has 142 valence electrons. The molecular formula is C21H19N3O4. The van der Waals surface area contributed by atoms with Gasteiger partial charge in [0.2, 0.25) is 5.76 Å². The molecule has 1 fully saturated rings. The number of aryl methyl sites for hydroxylation is 2. The molecule has 0 unspecified atom stereocenters. The van der Waals surface area contributed by atoms with E-state index in [2.05, 4.69) is 22.6 Å². The molecule has 7 heteroatoms. The van der Waals surface area contributed by atoms with Crippen molar-refractivity contribution in [3.05, 3.63) is 65.0 Å². The van der Waals surface area contributed by atoms with Crippen LogP contribution in [-0.2, 0) is 29.7 Å². The maximum Gasteiger partial charge on any atom is 0.325 e. The average molecular weight is 377 g/mol. The van der Waals surface area contributed by atoms with Crippen molar-refractivity contribution < 1.29 is 18.5 Å². The summed E-state index contributed by atoms with van der Waals surface area (Å²) in [6.07, 6.45) is 4.76. The maximum atomic E-state index is 13.1. The van der Waals surface area contributed by atoms with Gasteiger partial charge in [-0.3, -0.25) is 9.69 Å². The third-order valence-corrected chi connectivity index (χ3v) is 5.59. The Balaban J connectivity index is 1.40. The number of hydrogen-bond acceptors (Lipinski definition) is 5. The second kappa shape index (κ2) is 6.09. The van der Waals surface area contributed by atoms with Crippen LogP contribution in [0.3, 0.4) is 0 Å². The van der Waals surface area contributed by atoms with E-state index >= 15 is 0 Å². The van der Waals surface area contributed by atoms with Gasteiger partial charge in [-0.15, -0.1) is 0 Å². The Labute approximate surface area is 161 Å². The predicted molar refractivity (Wildman–Crippen MR) is 99.1 cm³/mol. The van der Waals surface area contributed by atoms with E-state index in [-0.39, 0.29) is 12.5 Å². The molecule has 1 aliphatic carbocycles. The number of amides is 3. The van der Waals surface area contributed by atoms with Gasteiger partial charge >= 0.3 is 6.03 Å². The highest BCUT2D eigenvalue weighted by molar-refractivity contribution is 6.07. The van der Waals surface area contributed by atoms with Crippen molar-refractivity contribution in [2.24, 2.45) is 0 Å². The highest BCUT2D eigenvalue weighted by Gasteiger charge is 2.49. The van der Waals surface area contributed by atoms with Crippen LogP contribution in [0.15, 0.2) is 51.6 Å². The molecule has 7 nitrogen and oxygen atoms in total. The standard InChI is InChI=1S/C21H19N3O4/c1-21(15-8-7-13-4-2-5-14(13)10-15)19(25)24(20(26)22-21)12-16-11-18(28-23-16)17-6-3-9-27-17/h3,6-11H,2,4-5,12H2,1H3,(H,22,26)/t21-/m0/s1. The van der Waals surface area contributed by atoms with Crippen LogP contribution in [-0.4, -0.2) is 22.0 Å². The number of rotatable bonds is 4. The monoisotopic (exact) mass is 377 g/mol. The molecule has 3 amide bonds. The molecule has 3 heterocycles. The van der Waals surface area contributed by atoms with Gasteiger partial charge in [0, 0.05) is 6.07 Å². The lowest BCUT2D eigenvalue weighted by molar-refractivity contribution is -0.131. The van der Waals surface area contributed by atoms with E-state index in [1.165, 1.54) is 22.3 Å². The summed E-state index contributed by atoms with van der Waals surface area (Å²) in [5.74, 6) is 0.699. The molecular weight excluding hydrogens is 358 g/mol. The van der Waals surface area contributed by atoms with Gasteiger partial charge in [-0.1, -0.05) is 23.4 Å². The zero-order valence-electron chi connectivity index (χ0n) is 15.4. The van der Waals surface area contributed by atoms with Gasteiger partial charge in [-0.25, -0.2) is 4.79 Å². The van der Waals surface area contributed by atoms with E-state index in [9.17, 15) is 9.59 Å². The summed E-state index contributed by atoms with van der Waals surface area (Å²) >= 11 is 0. The number of hydrogen-bond donors (Lipinski definition) is 1. The Hall–Kier alpha value is -3.35. The normalized spacial score (nSPS) is 21.2. The van der Waals surface area contributed by atoms with Gasteiger partial charge in [-0.2, -0.15) is 0 Å². The Morgan fingerprint density at radius 1 is 1.14 bits per heavy atom. The summed E-state index contributed by atoms with van der Waals surface area (Å²) in [4.78, 5) is 26.9. The van der Waals surface area contributed by atoms with Gasteiger partial charge in [0.1, 0.15) is 11.2 Å². The predicted octanol–water partition coefficient (Wildman–Crippen LogP) is 3.39. The van der Waals surface area contributed by atoms with Gasteiger partial charge < -0.3 is 14.3 Å². The number of aromatic nitrogens is 1. The molecule has 3 aromatic rings. The average Bonchev–Trinajstić information content (AvgIpc) is 3.47. The molecule has 1 saturated heterocycles. The number of urea groups is 1. The van der Waals surface area contributed by atoms with Crippen molar-refractivity contribution >= 4 is 11.9 Å². The van der Waals surface area contributed by atoms with Crippen LogP contribution in [0.5, 0.6) is 0 Å². The highest BCUT2D eigenvalue weighted by atomic mass is 16.5. The number of fused-ring (bicyclic) bond motifs is 1. The fourth-order valence-corrected chi connectivity index (χ4v) is 4.00. The third kappa shape index (κ3) is 2.54. The summed E-state index contributed by atoms with van der Waals surface area (Å²) in [5, 5.41) is 6.82. The van der Waals surface area contributed by atoms with Gasteiger partial charge in [0.15, 0.2) is 5.76 Å². The van der Waals surface area contributed by atoms with E-state index in [1.54, 1.807) is 25.1 Å². The molecule has 2 aromatic heterocycles. The first-order valence-electron chi connectivity index (χ1n) is 9.30. The minimum absolute atomic E-state index is 0.0371. The van der Waals surface area contributed by atoms with E-state index in [4.69, 9.17) is 8.94 Å². The van der Waals surface area contributed by atoms with Crippen LogP contribution in [0.4, 0.5) is 4.79 Å². The lowest BCUT2D eigenvalue weighted by atomic mass is 9.89. The smallest absolute Gasteiger partial charge is 0.325 e. The van der Waals surface area contributed by atoms with Gasteiger partial charge in [0.25, 0.3) is 5.91 Å². The molecule has 1 aliphatic heterocycles. The third-order valence-electron chi connectivity index (χ3n) is 5.59. The van der Waals surface area contributed by atoms with Gasteiger partial charge in [0.05, 0.1) is 12.8 Å². The molecule has 0 saturated carbocycles. The van der Waals surface area contributed by atoms with Crippen molar-refractivity contribution in [3.8, 4) is 11.5 Å². The molecule has 1 aromatic carbocycles. The van der Waals surface area contributed by atoms with Crippen LogP contribution in [0.2, 0.25) is 0 Å². The van der Waals surface area contributed by atoms with Crippen molar-refractivity contribution in [3.63, 3.8) is 0 Å². The molecule has 2 aliphatic rings. The van der Waals surface area contributed by atoms with Crippen molar-refractivity contribution in [2.75, 3.05) is 0 Å². The number of carbonyl (C=O) groups excluding carboxylic acids is 2. The van der Waals surface area contributed by atoms with E-state index < -0.39 is 11.6 Å². The number of imide groups is 1. The largest absolute Gasteiger partial charge is 0.461 e. The summed E-state index contributed by atoms with van der Waals surface area (Å²) in [6, 6.07) is 10.8. The fraction of sp³-hybridized carbons (Fsp3) is 0.286. The Kier molecular flexibility index (Phi) is 3.65. The molecule has 5 rings (SSSR count). The first-order chi connectivity index (χ1) is 13.5. The molecule has 0 spiro atoms. The maximum absolute atomic E-state index is 13.1. The SMILES string of the molecule is C[C@@]1(c2ccc3c(c2)CCC3)NC(=O)N(Cc2cc(-c3ccco3)on2)C1=O. The molecule has 28 heavy (non-hydrogen) atoms. The first-order valence-corrected chi connectivity index (χ1v) is 9.30. The number of nitrogens with one attached hydrogen (secondary N) is 1. The van der Waals surface area contributed by atoms with Crippen molar-refractivity contribution in [1.29, 1.82) is 0 Å². The molecule has 0 radical (unpaired) electrons. The first kappa shape index (κ1) is 16.8. The van der Waals surface area contributed by atoms with E-state index in [1.807, 2.05) is 6.07 Å². The van der Waals surface area contributed by atoms with Crippen molar-refractivity contribution in [2.45, 2.75) is 38.3 Å². The number of benzene rings is 1. The fourth-order valence-electron chi connectivity index (χ4n) is 4.00. The Morgan fingerprint density at radius 3 is 2.82 bits per heavy atom. The van der Waals surface area contributed by atoms with Crippen LogP contribution >= 0.6 is 0 Å². The molecule has 1 N–H and O–H groups in total. The second-order valence-corrected chi connectivity index (χ2v) is 7.44. The minimum Gasteiger partial charge on any atom is -0.461 e. The van der Waals surface area contributed by atoms with Gasteiger partial charge in [-0.05, 0) is 55.0 Å². The Morgan fingerprint density at radius 2 is 2.00 bits per heavy atom. The summed E-state index contributed by atoms with van der Waals surface area (Å²) in [6.45, 7) is 1.79. The number of carbonyl (C=O) groups is 2. The lowest BCUT2D eigenvalue weighted by Crippen LogP contribution is -2.41. The molecule has 1 atom stereocenters. The second-order valence-electron chi connectivity index (χ2n) is 7.44. The molecule has 0 bridgehead atoms. The quantitative estimate of drug-likeness (QED) is 0.704. The zero-order valence-corrected chi connectivity index (χ0v) is 15.4. The van der Waals surface area contributed by atoms with E-state index in [0.717, 1.165) is 24.8 Å². The van der Waals surface area contributed by atoms with Crippen molar-refractivity contribution in [1.82, 2.24) is 15.4 Å².